The molecule has 0 aromatic carbocycles. The number of anilines is 2. The van der Waals surface area contributed by atoms with Crippen LogP contribution in [0.4, 0.5) is 17.3 Å². The molecule has 0 N–H and O–H groups in total. The topological polar surface area (TPSA) is 61.7 Å². The predicted molar refractivity (Wildman–Crippen MR) is 78.4 cm³/mol. The minimum absolute atomic E-state index is 0.402. The van der Waals surface area contributed by atoms with Gasteiger partial charge in [0, 0.05) is 38.6 Å². The quantitative estimate of drug-likeness (QED) is 0.799. The van der Waals surface area contributed by atoms with Gasteiger partial charge in [-0.2, -0.15) is 0 Å². The van der Waals surface area contributed by atoms with Crippen molar-refractivity contribution in [2.45, 2.75) is 0 Å². The van der Waals surface area contributed by atoms with Gasteiger partial charge in [0.15, 0.2) is 5.82 Å². The van der Waals surface area contributed by atoms with Crippen molar-refractivity contribution in [1.82, 2.24) is 9.97 Å². The number of rotatable bonds is 3. The van der Waals surface area contributed by atoms with Crippen LogP contribution in [0.2, 0.25) is 0 Å². The molecule has 1 saturated heterocycles. The van der Waals surface area contributed by atoms with Gasteiger partial charge in [0.1, 0.15) is 11.5 Å². The monoisotopic (exact) mass is 269 g/mol. The number of aromatic nitrogens is 2. The Hall–Kier alpha value is -2.50. The van der Waals surface area contributed by atoms with Crippen LogP contribution in [-0.2, 0) is 0 Å². The van der Waals surface area contributed by atoms with Gasteiger partial charge >= 0.3 is 0 Å². The highest BCUT2D eigenvalue weighted by Gasteiger charge is 2.21. The molecule has 0 spiro atoms. The van der Waals surface area contributed by atoms with Crippen molar-refractivity contribution in [1.29, 1.82) is 0 Å². The van der Waals surface area contributed by atoms with E-state index in [2.05, 4.69) is 24.9 Å². The molecule has 2 aromatic rings. The van der Waals surface area contributed by atoms with E-state index in [0.29, 0.717) is 11.5 Å². The van der Waals surface area contributed by atoms with Gasteiger partial charge in [-0.05, 0) is 29.4 Å². The summed E-state index contributed by atoms with van der Waals surface area (Å²) >= 11 is 0. The predicted octanol–water partition coefficient (Wildman–Crippen LogP) is 2.20. The average molecular weight is 269 g/mol. The summed E-state index contributed by atoms with van der Waals surface area (Å²) in [4.78, 5) is 23.8. The molecule has 2 aromatic heterocycles. The normalized spacial score (nSPS) is 15.2. The zero-order chi connectivity index (χ0) is 13.8. The van der Waals surface area contributed by atoms with Gasteiger partial charge in [0.05, 0.1) is 0 Å². The summed E-state index contributed by atoms with van der Waals surface area (Å²) in [5.74, 6) is 1.66. The molecule has 1 aliphatic heterocycles. The number of hydrogen-bond donors (Lipinski definition) is 0. The van der Waals surface area contributed by atoms with E-state index in [9.17, 15) is 4.91 Å². The molecule has 0 aliphatic carbocycles. The first-order chi connectivity index (χ1) is 9.88. The summed E-state index contributed by atoms with van der Waals surface area (Å²) in [7, 11) is 0. The van der Waals surface area contributed by atoms with Gasteiger partial charge in [0.25, 0.3) is 0 Å². The summed E-state index contributed by atoms with van der Waals surface area (Å²) in [5, 5.41) is 3.04. The van der Waals surface area contributed by atoms with Gasteiger partial charge in [-0.15, -0.1) is 4.91 Å². The first-order valence-electron chi connectivity index (χ1n) is 6.58. The fourth-order valence-electron chi connectivity index (χ4n) is 2.39. The van der Waals surface area contributed by atoms with E-state index in [1.807, 2.05) is 18.2 Å². The molecule has 3 rings (SSSR count). The Labute approximate surface area is 117 Å². The second-order valence-electron chi connectivity index (χ2n) is 4.60. The molecule has 0 atom stereocenters. The van der Waals surface area contributed by atoms with Crippen molar-refractivity contribution in [3.8, 4) is 0 Å². The molecule has 0 amide bonds. The number of piperazine rings is 1. The van der Waals surface area contributed by atoms with E-state index >= 15 is 0 Å². The molecule has 0 bridgehead atoms. The van der Waals surface area contributed by atoms with E-state index in [0.717, 1.165) is 32.0 Å². The van der Waals surface area contributed by atoms with Crippen LogP contribution in [0.3, 0.4) is 0 Å². The maximum absolute atomic E-state index is 10.8. The molecule has 1 aliphatic rings. The standard InChI is InChI=1S/C14H15N5O/c20-17-12-4-3-7-16-14(12)19-10-8-18(9-11-19)13-5-1-2-6-15-13/h1-7H,8-11H2. The molecule has 0 saturated carbocycles. The SMILES string of the molecule is O=Nc1cccnc1N1CCN(c2ccccn2)CC1. The van der Waals surface area contributed by atoms with Crippen molar-refractivity contribution in [3.63, 3.8) is 0 Å². The average Bonchev–Trinajstić information content (AvgIpc) is 2.56. The lowest BCUT2D eigenvalue weighted by Gasteiger charge is -2.36. The largest absolute Gasteiger partial charge is 0.353 e. The fourth-order valence-corrected chi connectivity index (χ4v) is 2.39. The second kappa shape index (κ2) is 5.64. The third kappa shape index (κ3) is 2.45. The maximum atomic E-state index is 10.8. The molecule has 1 fully saturated rings. The zero-order valence-corrected chi connectivity index (χ0v) is 11.0. The number of hydrogen-bond acceptors (Lipinski definition) is 6. The van der Waals surface area contributed by atoms with Crippen molar-refractivity contribution in [2.24, 2.45) is 5.18 Å². The number of pyridine rings is 2. The van der Waals surface area contributed by atoms with Crippen LogP contribution in [-0.4, -0.2) is 36.1 Å². The molecule has 3 heterocycles. The molecular formula is C14H15N5O. The second-order valence-corrected chi connectivity index (χ2v) is 4.60. The molecule has 6 nitrogen and oxygen atoms in total. The third-order valence-electron chi connectivity index (χ3n) is 3.42. The summed E-state index contributed by atoms with van der Waals surface area (Å²) in [5.41, 5.74) is 0.402. The lowest BCUT2D eigenvalue weighted by molar-refractivity contribution is 0.642. The van der Waals surface area contributed by atoms with Gasteiger partial charge in [-0.25, -0.2) is 9.97 Å². The van der Waals surface area contributed by atoms with Crippen LogP contribution in [0.15, 0.2) is 47.9 Å². The van der Waals surface area contributed by atoms with Crippen molar-refractivity contribution < 1.29 is 0 Å². The molecule has 0 unspecified atom stereocenters. The minimum Gasteiger partial charge on any atom is -0.353 e. The van der Waals surface area contributed by atoms with Crippen LogP contribution >= 0.6 is 0 Å². The maximum Gasteiger partial charge on any atom is 0.158 e. The van der Waals surface area contributed by atoms with Gasteiger partial charge in [-0.1, -0.05) is 6.07 Å². The summed E-state index contributed by atoms with van der Waals surface area (Å²) in [6, 6.07) is 9.33. The smallest absolute Gasteiger partial charge is 0.158 e. The highest BCUT2D eigenvalue weighted by molar-refractivity contribution is 5.62. The van der Waals surface area contributed by atoms with E-state index < -0.39 is 0 Å². The van der Waals surface area contributed by atoms with Gasteiger partial charge < -0.3 is 9.80 Å². The molecule has 102 valence electrons. The van der Waals surface area contributed by atoms with E-state index in [1.165, 1.54) is 0 Å². The first kappa shape index (κ1) is 12.5. The van der Waals surface area contributed by atoms with Crippen molar-refractivity contribution >= 4 is 17.3 Å². The Morgan fingerprint density at radius 2 is 1.65 bits per heavy atom. The Kier molecular flexibility index (Phi) is 3.54. The lowest BCUT2D eigenvalue weighted by atomic mass is 10.2. The van der Waals surface area contributed by atoms with Crippen LogP contribution in [0, 0.1) is 4.91 Å². The third-order valence-corrected chi connectivity index (χ3v) is 3.42. The van der Waals surface area contributed by atoms with Crippen molar-refractivity contribution in [2.75, 3.05) is 36.0 Å². The molecule has 0 radical (unpaired) electrons. The van der Waals surface area contributed by atoms with Crippen LogP contribution in [0.1, 0.15) is 0 Å². The molecule has 20 heavy (non-hydrogen) atoms. The lowest BCUT2D eigenvalue weighted by Crippen LogP contribution is -2.47. The molecule has 6 heteroatoms. The summed E-state index contributed by atoms with van der Waals surface area (Å²) in [6.45, 7) is 3.31. The van der Waals surface area contributed by atoms with E-state index in [-0.39, 0.29) is 0 Å². The van der Waals surface area contributed by atoms with Gasteiger partial charge in [-0.3, -0.25) is 0 Å². The van der Waals surface area contributed by atoms with Gasteiger partial charge in [0.2, 0.25) is 0 Å². The number of nitroso groups, excluding NO2 is 1. The van der Waals surface area contributed by atoms with Crippen LogP contribution in [0.5, 0.6) is 0 Å². The Balaban J connectivity index is 1.71. The Bertz CT molecular complexity index is 581. The number of nitrogens with zero attached hydrogens (tertiary/aromatic N) is 5. The van der Waals surface area contributed by atoms with Crippen molar-refractivity contribution in [3.05, 3.63) is 47.6 Å². The highest BCUT2D eigenvalue weighted by atomic mass is 16.3. The fraction of sp³-hybridized carbons (Fsp3) is 0.286. The first-order valence-corrected chi connectivity index (χ1v) is 6.58. The van der Waals surface area contributed by atoms with Crippen LogP contribution in [0.25, 0.3) is 0 Å². The van der Waals surface area contributed by atoms with Crippen LogP contribution < -0.4 is 9.80 Å². The Morgan fingerprint density at radius 1 is 0.900 bits per heavy atom. The summed E-state index contributed by atoms with van der Waals surface area (Å²) < 4.78 is 0. The molecular weight excluding hydrogens is 254 g/mol. The highest BCUT2D eigenvalue weighted by Crippen LogP contribution is 2.26. The van der Waals surface area contributed by atoms with E-state index in [4.69, 9.17) is 0 Å². The summed E-state index contributed by atoms with van der Waals surface area (Å²) in [6.07, 6.45) is 3.49. The van der Waals surface area contributed by atoms with E-state index in [1.54, 1.807) is 24.5 Å². The zero-order valence-electron chi connectivity index (χ0n) is 11.0. The minimum atomic E-state index is 0.402. The Morgan fingerprint density at radius 3 is 2.35 bits per heavy atom.